The number of terminal acetylenes is 1. The Morgan fingerprint density at radius 2 is 1.83 bits per heavy atom. The maximum atomic E-state index is 11.9. The summed E-state index contributed by atoms with van der Waals surface area (Å²) in [7, 11) is -17.2. The number of nitrogens with zero attached hydrogens (tertiary/aromatic N) is 1. The molecule has 1 aliphatic rings. The van der Waals surface area contributed by atoms with Gasteiger partial charge in [-0.2, -0.15) is 8.62 Å². The number of H-pyrrole nitrogens is 1. The van der Waals surface area contributed by atoms with Crippen molar-refractivity contribution in [2.45, 2.75) is 24.2 Å². The van der Waals surface area contributed by atoms with E-state index < -0.39 is 53.3 Å². The lowest BCUT2D eigenvalue weighted by molar-refractivity contribution is -0.135. The van der Waals surface area contributed by atoms with Gasteiger partial charge in [0.2, 0.25) is 11.9 Å². The number of rotatable bonds is 7. The highest BCUT2D eigenvalue weighted by molar-refractivity contribution is 7.71. The quantitative estimate of drug-likeness (QED) is 0.130. The molecule has 1 aromatic rings. The summed E-state index contributed by atoms with van der Waals surface area (Å²) in [6.45, 7) is 0. The number of aromatic nitrogens is 2. The number of phosphoric acid groups is 3. The Bertz CT molecular complexity index is 1120. The van der Waals surface area contributed by atoms with E-state index in [0.29, 0.717) is 0 Å². The van der Waals surface area contributed by atoms with E-state index in [1.807, 2.05) is 0 Å². The van der Waals surface area contributed by atoms with E-state index in [0.717, 1.165) is 16.8 Å². The van der Waals surface area contributed by atoms with Crippen LogP contribution in [0.5, 0.6) is 0 Å². The number of hydrogen-bond donors (Lipinski definition) is 7. The van der Waals surface area contributed by atoms with Crippen molar-refractivity contribution in [2.24, 2.45) is 0 Å². The summed E-state index contributed by atoms with van der Waals surface area (Å²) < 4.78 is 50.9. The van der Waals surface area contributed by atoms with Crippen LogP contribution in [-0.4, -0.2) is 57.3 Å². The van der Waals surface area contributed by atoms with Crippen molar-refractivity contribution < 1.29 is 61.4 Å². The highest BCUT2D eigenvalue weighted by atomic mass is 32.1. The smallest absolute Gasteiger partial charge is 0.383 e. The number of aliphatic hydroxyl groups is 2. The maximum Gasteiger partial charge on any atom is 0.490 e. The van der Waals surface area contributed by atoms with Crippen molar-refractivity contribution in [2.75, 3.05) is 0 Å². The third kappa shape index (κ3) is 5.80. The van der Waals surface area contributed by atoms with Crippen LogP contribution in [0.3, 0.4) is 0 Å². The summed E-state index contributed by atoms with van der Waals surface area (Å²) in [5.41, 5.74) is -3.30. The Morgan fingerprint density at radius 1 is 1.23 bits per heavy atom. The molecule has 0 amide bonds. The molecule has 6 atom stereocenters. The molecule has 3 unspecified atom stereocenters. The minimum Gasteiger partial charge on any atom is -0.383 e. The Kier molecular flexibility index (Phi) is 7.12. The predicted octanol–water partition coefficient (Wildman–Crippen LogP) is -1.17. The first-order valence-electron chi connectivity index (χ1n) is 7.17. The largest absolute Gasteiger partial charge is 0.490 e. The topological polar surface area (TPSA) is 247 Å². The summed E-state index contributed by atoms with van der Waals surface area (Å²) in [4.78, 5) is 49.1. The van der Waals surface area contributed by atoms with Gasteiger partial charge in [0, 0.05) is 12.3 Å². The standard InChI is InChI=1S/C10H13N2O14P3S/c1-2-10(15)6(14)7(23-8(10)12-4-3-5(13)11-9(12)30)24-28(19,20)26-29(21,22)25-27(16,17)18/h1,3-4,6-8,14-15H,(H,19,20)(H,21,22)(H,11,13,30)(H2,16,17,18)/t6-,7+,8+,10?/m0/s1. The fourth-order valence-electron chi connectivity index (χ4n) is 2.22. The summed E-state index contributed by atoms with van der Waals surface area (Å²) in [5, 5.41) is 20.7. The summed E-state index contributed by atoms with van der Waals surface area (Å²) >= 11 is 4.87. The van der Waals surface area contributed by atoms with Crippen molar-refractivity contribution in [1.82, 2.24) is 9.55 Å². The van der Waals surface area contributed by atoms with Crippen LogP contribution < -0.4 is 5.56 Å². The van der Waals surface area contributed by atoms with E-state index in [9.17, 15) is 33.6 Å². The zero-order chi connectivity index (χ0) is 23.1. The van der Waals surface area contributed by atoms with E-state index in [2.05, 4.69) is 18.1 Å². The Hall–Kier alpha value is -1.05. The van der Waals surface area contributed by atoms with Crippen molar-refractivity contribution in [3.63, 3.8) is 0 Å². The molecule has 7 N–H and O–H groups in total. The SMILES string of the molecule is C#CC1(O)[C@@H](O)[C@@H](OP(=O)(O)OP(=O)(O)OP(=O)(O)O)O[C@H]1n1ccc(=O)[nH]c1=S. The predicted molar refractivity (Wildman–Crippen MR) is 94.5 cm³/mol. The molecular formula is C10H13N2O14P3S. The average molecular weight is 510 g/mol. The average Bonchev–Trinajstić information content (AvgIpc) is 2.76. The van der Waals surface area contributed by atoms with Gasteiger partial charge in [-0.05, 0) is 12.2 Å². The minimum atomic E-state index is -5.84. The van der Waals surface area contributed by atoms with Crippen LogP contribution in [0.25, 0.3) is 0 Å². The summed E-state index contributed by atoms with van der Waals surface area (Å²) in [6, 6.07) is 0.943. The normalized spacial score (nSPS) is 30.9. The molecule has 0 aliphatic carbocycles. The number of phosphoric ester groups is 1. The number of aromatic amines is 1. The lowest BCUT2D eigenvalue weighted by atomic mass is 9.98. The Balaban J connectivity index is 2.31. The lowest BCUT2D eigenvalue weighted by Gasteiger charge is -2.26. The molecule has 1 aliphatic heterocycles. The van der Waals surface area contributed by atoms with E-state index >= 15 is 0 Å². The van der Waals surface area contributed by atoms with E-state index in [1.165, 1.54) is 0 Å². The number of nitrogens with one attached hydrogen (secondary N) is 1. The summed E-state index contributed by atoms with van der Waals surface area (Å²) in [5.74, 6) is 1.77. The van der Waals surface area contributed by atoms with Gasteiger partial charge in [0.1, 0.15) is 6.10 Å². The molecule has 2 heterocycles. The Labute approximate surface area is 171 Å². The molecule has 0 spiro atoms. The zero-order valence-corrected chi connectivity index (χ0v) is 17.6. The fraction of sp³-hybridized carbons (Fsp3) is 0.400. The first-order chi connectivity index (χ1) is 13.5. The van der Waals surface area contributed by atoms with Crippen molar-refractivity contribution in [3.8, 4) is 12.3 Å². The Morgan fingerprint density at radius 3 is 2.33 bits per heavy atom. The molecule has 0 radical (unpaired) electrons. The first kappa shape index (κ1) is 25.2. The van der Waals surface area contributed by atoms with Crippen LogP contribution in [0.4, 0.5) is 0 Å². The molecule has 0 saturated carbocycles. The van der Waals surface area contributed by atoms with Crippen LogP contribution in [-0.2, 0) is 31.6 Å². The van der Waals surface area contributed by atoms with Crippen molar-refractivity contribution in [3.05, 3.63) is 27.4 Å². The molecule has 30 heavy (non-hydrogen) atoms. The van der Waals surface area contributed by atoms with Gasteiger partial charge in [-0.25, -0.2) is 13.7 Å². The highest BCUT2D eigenvalue weighted by Crippen LogP contribution is 2.67. The number of hydrogen-bond acceptors (Lipinski definition) is 11. The van der Waals surface area contributed by atoms with Crippen LogP contribution in [0.2, 0.25) is 0 Å². The first-order valence-corrected chi connectivity index (χ1v) is 12.1. The maximum absolute atomic E-state index is 11.9. The molecule has 1 saturated heterocycles. The van der Waals surface area contributed by atoms with E-state index in [1.54, 1.807) is 5.92 Å². The van der Waals surface area contributed by atoms with Crippen molar-refractivity contribution >= 4 is 35.7 Å². The fourth-order valence-corrected chi connectivity index (χ4v) is 5.56. The molecule has 20 heteroatoms. The van der Waals surface area contributed by atoms with Gasteiger partial charge in [0.15, 0.2) is 11.0 Å². The third-order valence-corrected chi connectivity index (χ3v) is 7.45. The molecule has 168 valence electrons. The van der Waals surface area contributed by atoms with Crippen LogP contribution in [0.15, 0.2) is 17.1 Å². The van der Waals surface area contributed by atoms with Gasteiger partial charge < -0.3 is 34.5 Å². The number of aliphatic hydroxyl groups excluding tert-OH is 1. The van der Waals surface area contributed by atoms with Gasteiger partial charge >= 0.3 is 23.5 Å². The second-order valence-electron chi connectivity index (χ2n) is 5.49. The van der Waals surface area contributed by atoms with Gasteiger partial charge in [-0.1, -0.05) is 5.92 Å². The molecule has 16 nitrogen and oxygen atoms in total. The molecule has 1 aromatic heterocycles. The highest BCUT2D eigenvalue weighted by Gasteiger charge is 2.58. The molecule has 0 aromatic carbocycles. The van der Waals surface area contributed by atoms with Gasteiger partial charge in [-0.15, -0.1) is 6.42 Å². The van der Waals surface area contributed by atoms with Gasteiger partial charge in [0.05, 0.1) is 0 Å². The van der Waals surface area contributed by atoms with Crippen molar-refractivity contribution in [1.29, 1.82) is 0 Å². The van der Waals surface area contributed by atoms with Crippen LogP contribution in [0.1, 0.15) is 6.23 Å². The van der Waals surface area contributed by atoms with Gasteiger partial charge in [-0.3, -0.25) is 18.9 Å². The molecular weight excluding hydrogens is 497 g/mol. The third-order valence-electron chi connectivity index (χ3n) is 3.34. The van der Waals surface area contributed by atoms with Crippen LogP contribution >= 0.6 is 35.7 Å². The minimum absolute atomic E-state index is 0.340. The number of ether oxygens (including phenoxy) is 1. The second kappa shape index (κ2) is 8.47. The van der Waals surface area contributed by atoms with E-state index in [4.69, 9.17) is 38.1 Å². The zero-order valence-electron chi connectivity index (χ0n) is 14.1. The van der Waals surface area contributed by atoms with E-state index in [-0.39, 0.29) is 4.77 Å². The van der Waals surface area contributed by atoms with Gasteiger partial charge in [0.25, 0.3) is 5.56 Å². The molecule has 1 fully saturated rings. The lowest BCUT2D eigenvalue weighted by Crippen LogP contribution is -2.45. The second-order valence-corrected chi connectivity index (χ2v) is 10.2. The van der Waals surface area contributed by atoms with Crippen LogP contribution in [0, 0.1) is 17.1 Å². The molecule has 0 bridgehead atoms. The summed E-state index contributed by atoms with van der Waals surface area (Å²) in [6.07, 6.45) is -0.171. The monoisotopic (exact) mass is 510 g/mol. The molecule has 2 rings (SSSR count).